The Morgan fingerprint density at radius 2 is 2.21 bits per heavy atom. The van der Waals surface area contributed by atoms with Gasteiger partial charge >= 0.3 is 0 Å². The lowest BCUT2D eigenvalue weighted by atomic mass is 10.2. The van der Waals surface area contributed by atoms with Gasteiger partial charge in [0.2, 0.25) is 0 Å². The molecule has 3 aromatic rings. The zero-order valence-electron chi connectivity index (χ0n) is 13.2. The highest BCUT2D eigenvalue weighted by Gasteiger charge is 2.19. The monoisotopic (exact) mass is 327 g/mol. The van der Waals surface area contributed by atoms with Crippen molar-refractivity contribution >= 4 is 23.5 Å². The van der Waals surface area contributed by atoms with E-state index in [1.165, 1.54) is 6.39 Å². The maximum absolute atomic E-state index is 5.44. The van der Waals surface area contributed by atoms with Gasteiger partial charge < -0.3 is 14.1 Å². The van der Waals surface area contributed by atoms with E-state index in [9.17, 15) is 0 Å². The van der Waals surface area contributed by atoms with Gasteiger partial charge in [0.15, 0.2) is 18.0 Å². The zero-order chi connectivity index (χ0) is 16.4. The number of hydrazone groups is 1. The molecule has 1 aliphatic rings. The van der Waals surface area contributed by atoms with E-state index in [4.69, 9.17) is 9.15 Å². The molecular weight excluding hydrogens is 310 g/mol. The Hall–Kier alpha value is -2.94. The molecular formula is C15H17N7O2. The second kappa shape index (κ2) is 6.28. The number of nitrogens with one attached hydrogen (secondary N) is 1. The van der Waals surface area contributed by atoms with Crippen molar-refractivity contribution in [1.82, 2.24) is 19.6 Å². The number of aromatic nitrogens is 4. The number of hydrogen-bond acceptors (Lipinski definition) is 8. The molecule has 0 aliphatic carbocycles. The second-order valence-corrected chi connectivity index (χ2v) is 5.28. The van der Waals surface area contributed by atoms with E-state index in [1.807, 2.05) is 19.2 Å². The van der Waals surface area contributed by atoms with Gasteiger partial charge in [-0.3, -0.25) is 0 Å². The minimum Gasteiger partial charge on any atom is -0.443 e. The number of ether oxygens (including phenoxy) is 1. The largest absolute Gasteiger partial charge is 0.443 e. The molecule has 9 heteroatoms. The molecule has 9 nitrogen and oxygen atoms in total. The van der Waals surface area contributed by atoms with Crippen molar-refractivity contribution in [2.45, 2.75) is 6.92 Å². The van der Waals surface area contributed by atoms with E-state index in [-0.39, 0.29) is 0 Å². The van der Waals surface area contributed by atoms with Crippen LogP contribution >= 0.6 is 0 Å². The van der Waals surface area contributed by atoms with Gasteiger partial charge in [0.1, 0.15) is 5.52 Å². The fourth-order valence-electron chi connectivity index (χ4n) is 2.65. The standard InChI is InChI=1S/C15H17N7O2/c1-2-17-19-15-18-14(21-3-5-23-6-4-21)12-7-11(9-22(12)20-15)13-8-16-10-24-13/h2,7-10H,3-6H2,1H3,(H,19,20)/b17-2+. The first kappa shape index (κ1) is 14.6. The molecule has 1 saturated heterocycles. The van der Waals surface area contributed by atoms with E-state index in [0.29, 0.717) is 24.9 Å². The van der Waals surface area contributed by atoms with Crippen molar-refractivity contribution in [1.29, 1.82) is 0 Å². The summed E-state index contributed by atoms with van der Waals surface area (Å²) < 4.78 is 12.6. The van der Waals surface area contributed by atoms with Crippen LogP contribution in [-0.2, 0) is 4.74 Å². The lowest BCUT2D eigenvalue weighted by molar-refractivity contribution is 0.122. The predicted octanol–water partition coefficient (Wildman–Crippen LogP) is 1.64. The number of anilines is 2. The molecule has 1 aliphatic heterocycles. The van der Waals surface area contributed by atoms with E-state index in [2.05, 4.69) is 30.5 Å². The molecule has 0 unspecified atom stereocenters. The van der Waals surface area contributed by atoms with E-state index in [1.54, 1.807) is 16.9 Å². The third kappa shape index (κ3) is 2.69. The van der Waals surface area contributed by atoms with E-state index >= 15 is 0 Å². The number of oxazole rings is 1. The smallest absolute Gasteiger partial charge is 0.263 e. The zero-order valence-corrected chi connectivity index (χ0v) is 13.2. The Labute approximate surface area is 138 Å². The molecule has 0 saturated carbocycles. The van der Waals surface area contributed by atoms with Crippen LogP contribution in [-0.4, -0.2) is 52.1 Å². The quantitative estimate of drug-likeness (QED) is 0.575. The lowest BCUT2D eigenvalue weighted by Crippen LogP contribution is -2.37. The van der Waals surface area contributed by atoms with Gasteiger partial charge in [-0.05, 0) is 13.0 Å². The first-order valence-electron chi connectivity index (χ1n) is 7.71. The van der Waals surface area contributed by atoms with Crippen molar-refractivity contribution in [2.75, 3.05) is 36.6 Å². The summed E-state index contributed by atoms with van der Waals surface area (Å²) >= 11 is 0. The molecule has 4 heterocycles. The summed E-state index contributed by atoms with van der Waals surface area (Å²) in [5, 5.41) is 8.47. The van der Waals surface area contributed by atoms with Crippen LogP contribution in [0.5, 0.6) is 0 Å². The highest BCUT2D eigenvalue weighted by molar-refractivity contribution is 5.76. The molecule has 0 radical (unpaired) electrons. The number of rotatable bonds is 4. The number of nitrogens with zero attached hydrogens (tertiary/aromatic N) is 6. The number of hydrogen-bond donors (Lipinski definition) is 1. The molecule has 124 valence electrons. The molecule has 4 rings (SSSR count). The predicted molar refractivity (Wildman–Crippen MR) is 89.3 cm³/mol. The van der Waals surface area contributed by atoms with E-state index < -0.39 is 0 Å². The lowest BCUT2D eigenvalue weighted by Gasteiger charge is -2.28. The second-order valence-electron chi connectivity index (χ2n) is 5.28. The fourth-order valence-corrected chi connectivity index (χ4v) is 2.65. The molecule has 0 bridgehead atoms. The first-order valence-corrected chi connectivity index (χ1v) is 7.71. The van der Waals surface area contributed by atoms with Gasteiger partial charge in [0, 0.05) is 31.1 Å². The van der Waals surface area contributed by atoms with Crippen LogP contribution in [0.1, 0.15) is 6.92 Å². The fraction of sp³-hybridized carbons (Fsp3) is 0.333. The highest BCUT2D eigenvalue weighted by Crippen LogP contribution is 2.28. The first-order chi connectivity index (χ1) is 11.8. The van der Waals surface area contributed by atoms with Crippen molar-refractivity contribution < 1.29 is 9.15 Å². The molecule has 0 spiro atoms. The Bertz CT molecular complexity index is 850. The van der Waals surface area contributed by atoms with Gasteiger partial charge in [0.25, 0.3) is 5.95 Å². The average molecular weight is 327 g/mol. The summed E-state index contributed by atoms with van der Waals surface area (Å²) in [6.07, 6.45) is 6.63. The number of fused-ring (bicyclic) bond motifs is 1. The average Bonchev–Trinajstić information content (AvgIpc) is 3.29. The van der Waals surface area contributed by atoms with Crippen LogP contribution in [0.4, 0.5) is 11.8 Å². The summed E-state index contributed by atoms with van der Waals surface area (Å²) in [4.78, 5) is 10.8. The van der Waals surface area contributed by atoms with Crippen molar-refractivity contribution in [3.63, 3.8) is 0 Å². The molecule has 3 aromatic heterocycles. The summed E-state index contributed by atoms with van der Waals surface area (Å²) in [6.45, 7) is 4.76. The van der Waals surface area contributed by atoms with Gasteiger partial charge in [-0.15, -0.1) is 5.10 Å². The summed E-state index contributed by atoms with van der Waals surface area (Å²) in [5.74, 6) is 1.96. The van der Waals surface area contributed by atoms with Crippen molar-refractivity contribution in [3.05, 3.63) is 24.9 Å². The van der Waals surface area contributed by atoms with Crippen LogP contribution in [0.3, 0.4) is 0 Å². The van der Waals surface area contributed by atoms with Gasteiger partial charge in [-0.2, -0.15) is 10.1 Å². The Morgan fingerprint density at radius 1 is 1.33 bits per heavy atom. The molecule has 0 aromatic carbocycles. The minimum atomic E-state index is 0.432. The normalized spacial score (nSPS) is 15.5. The van der Waals surface area contributed by atoms with Crippen molar-refractivity contribution in [3.8, 4) is 11.3 Å². The van der Waals surface area contributed by atoms with Gasteiger partial charge in [-0.1, -0.05) is 0 Å². The number of morpholine rings is 1. The van der Waals surface area contributed by atoms with Crippen LogP contribution in [0.25, 0.3) is 16.8 Å². The summed E-state index contributed by atoms with van der Waals surface area (Å²) in [5.41, 5.74) is 4.64. The minimum absolute atomic E-state index is 0.432. The van der Waals surface area contributed by atoms with Crippen molar-refractivity contribution in [2.24, 2.45) is 5.10 Å². The summed E-state index contributed by atoms with van der Waals surface area (Å²) in [7, 11) is 0. The SMILES string of the molecule is C/C=N/Nc1nc(N2CCOCC2)c2cc(-c3cnco3)cn2n1. The molecule has 0 amide bonds. The topological polar surface area (TPSA) is 93.1 Å². The van der Waals surface area contributed by atoms with Crippen LogP contribution in [0, 0.1) is 0 Å². The third-order valence-corrected chi connectivity index (χ3v) is 3.76. The van der Waals surface area contributed by atoms with Gasteiger partial charge in [0.05, 0.1) is 19.4 Å². The third-order valence-electron chi connectivity index (χ3n) is 3.76. The Kier molecular flexibility index (Phi) is 3.83. The molecule has 24 heavy (non-hydrogen) atoms. The maximum Gasteiger partial charge on any atom is 0.263 e. The van der Waals surface area contributed by atoms with Crippen LogP contribution < -0.4 is 10.3 Å². The van der Waals surface area contributed by atoms with Crippen LogP contribution in [0.2, 0.25) is 0 Å². The maximum atomic E-state index is 5.44. The van der Waals surface area contributed by atoms with E-state index in [0.717, 1.165) is 30.0 Å². The van der Waals surface area contributed by atoms with Gasteiger partial charge in [-0.25, -0.2) is 14.9 Å². The molecule has 0 atom stereocenters. The van der Waals surface area contributed by atoms with Crippen LogP contribution in [0.15, 0.2) is 34.4 Å². The summed E-state index contributed by atoms with van der Waals surface area (Å²) in [6, 6.07) is 2.00. The molecule has 1 N–H and O–H groups in total. The molecule has 1 fully saturated rings. The Morgan fingerprint density at radius 3 is 2.96 bits per heavy atom. The Balaban J connectivity index is 1.82. The highest BCUT2D eigenvalue weighted by atomic mass is 16.5.